The van der Waals surface area contributed by atoms with Crippen molar-refractivity contribution in [2.24, 2.45) is 4.99 Å². The van der Waals surface area contributed by atoms with Gasteiger partial charge in [0.05, 0.1) is 10.6 Å². The van der Waals surface area contributed by atoms with Gasteiger partial charge in [-0.15, -0.1) is 0 Å². The zero-order valence-corrected chi connectivity index (χ0v) is 17.3. The Morgan fingerprint density at radius 3 is 2.71 bits per heavy atom. The average molecular weight is 461 g/mol. The molecule has 1 amide bonds. The molecular weight excluding hydrogens is 444 g/mol. The van der Waals surface area contributed by atoms with Gasteiger partial charge in [-0.3, -0.25) is 4.79 Å². The van der Waals surface area contributed by atoms with E-state index in [0.29, 0.717) is 21.4 Å². The van der Waals surface area contributed by atoms with Crippen LogP contribution in [-0.4, -0.2) is 28.8 Å². The number of ether oxygens (including phenoxy) is 1. The minimum Gasteiger partial charge on any atom is -0.481 e. The zero-order valence-electron chi connectivity index (χ0n) is 14.9. The third kappa shape index (κ3) is 5.24. The Kier molecular flexibility index (Phi) is 6.53. The lowest BCUT2D eigenvalue weighted by molar-refractivity contribution is -0.139. The van der Waals surface area contributed by atoms with Crippen LogP contribution in [0.5, 0.6) is 5.75 Å². The van der Waals surface area contributed by atoms with Gasteiger partial charge in [0.2, 0.25) is 0 Å². The first kappa shape index (κ1) is 20.2. The van der Waals surface area contributed by atoms with Crippen molar-refractivity contribution in [2.45, 2.75) is 13.3 Å². The molecule has 0 saturated carbocycles. The SMILES string of the molecule is CCc1ccc(N=C2NC(=O)/C(=C\c3cc(Br)ccc3OCC(=O)O)S2)cc1. The van der Waals surface area contributed by atoms with Crippen molar-refractivity contribution in [3.63, 3.8) is 0 Å². The molecule has 1 saturated heterocycles. The smallest absolute Gasteiger partial charge is 0.341 e. The Hall–Kier alpha value is -2.58. The number of rotatable bonds is 6. The van der Waals surface area contributed by atoms with Crippen molar-refractivity contribution in [2.75, 3.05) is 6.61 Å². The summed E-state index contributed by atoms with van der Waals surface area (Å²) in [6.07, 6.45) is 2.61. The number of aryl methyl sites for hydroxylation is 1. The second-order valence-electron chi connectivity index (χ2n) is 5.87. The van der Waals surface area contributed by atoms with E-state index in [1.165, 1.54) is 17.3 Å². The molecule has 0 aliphatic carbocycles. The van der Waals surface area contributed by atoms with Gasteiger partial charge in [0.15, 0.2) is 11.8 Å². The first-order valence-electron chi connectivity index (χ1n) is 8.47. The molecule has 0 spiro atoms. The quantitative estimate of drug-likeness (QED) is 0.624. The largest absolute Gasteiger partial charge is 0.481 e. The third-order valence-corrected chi connectivity index (χ3v) is 5.24. The number of carbonyl (C=O) groups is 2. The molecule has 2 N–H and O–H groups in total. The zero-order chi connectivity index (χ0) is 20.1. The lowest BCUT2D eigenvalue weighted by Gasteiger charge is -2.08. The highest BCUT2D eigenvalue weighted by Gasteiger charge is 2.24. The number of carbonyl (C=O) groups excluding carboxylic acids is 1. The fourth-order valence-corrected chi connectivity index (χ4v) is 3.66. The van der Waals surface area contributed by atoms with Crippen molar-refractivity contribution in [1.82, 2.24) is 5.32 Å². The van der Waals surface area contributed by atoms with Crippen LogP contribution < -0.4 is 10.1 Å². The van der Waals surface area contributed by atoms with Crippen LogP contribution in [0.1, 0.15) is 18.1 Å². The Morgan fingerprint density at radius 1 is 1.29 bits per heavy atom. The summed E-state index contributed by atoms with van der Waals surface area (Å²) < 4.78 is 6.09. The van der Waals surface area contributed by atoms with E-state index in [0.717, 1.165) is 16.6 Å². The minimum atomic E-state index is -1.07. The number of thioether (sulfide) groups is 1. The molecule has 0 radical (unpaired) electrons. The van der Waals surface area contributed by atoms with E-state index >= 15 is 0 Å². The molecule has 2 aromatic rings. The predicted octanol–water partition coefficient (Wildman–Crippen LogP) is 4.37. The number of nitrogens with zero attached hydrogens (tertiary/aromatic N) is 1. The van der Waals surface area contributed by atoms with Gasteiger partial charge in [0.25, 0.3) is 5.91 Å². The molecule has 1 aliphatic heterocycles. The second kappa shape index (κ2) is 9.07. The highest BCUT2D eigenvalue weighted by Crippen LogP contribution is 2.32. The number of benzene rings is 2. The second-order valence-corrected chi connectivity index (χ2v) is 7.81. The summed E-state index contributed by atoms with van der Waals surface area (Å²) >= 11 is 4.60. The molecule has 28 heavy (non-hydrogen) atoms. The van der Waals surface area contributed by atoms with Crippen LogP contribution in [0.25, 0.3) is 6.08 Å². The van der Waals surface area contributed by atoms with Crippen LogP contribution in [0.15, 0.2) is 56.8 Å². The number of amides is 1. The number of hydrogen-bond acceptors (Lipinski definition) is 5. The number of carboxylic acid groups (broad SMARTS) is 1. The van der Waals surface area contributed by atoms with Gasteiger partial charge in [-0.1, -0.05) is 35.0 Å². The van der Waals surface area contributed by atoms with Crippen molar-refractivity contribution in [1.29, 1.82) is 0 Å². The van der Waals surface area contributed by atoms with E-state index < -0.39 is 12.6 Å². The first-order chi connectivity index (χ1) is 13.4. The number of hydrogen-bond donors (Lipinski definition) is 2. The summed E-state index contributed by atoms with van der Waals surface area (Å²) in [5.74, 6) is -0.955. The van der Waals surface area contributed by atoms with Crippen LogP contribution in [0.2, 0.25) is 0 Å². The Labute approximate surface area is 174 Å². The topological polar surface area (TPSA) is 88.0 Å². The monoisotopic (exact) mass is 460 g/mol. The highest BCUT2D eigenvalue weighted by atomic mass is 79.9. The Bertz CT molecular complexity index is 971. The minimum absolute atomic E-state index is 0.266. The van der Waals surface area contributed by atoms with Crippen molar-refractivity contribution >= 4 is 56.5 Å². The summed E-state index contributed by atoms with van der Waals surface area (Å²) in [5, 5.41) is 12.1. The van der Waals surface area contributed by atoms with E-state index in [1.807, 2.05) is 24.3 Å². The fourth-order valence-electron chi connectivity index (χ4n) is 2.45. The molecule has 144 valence electrons. The Balaban J connectivity index is 1.83. The predicted molar refractivity (Wildman–Crippen MR) is 114 cm³/mol. The van der Waals surface area contributed by atoms with Crippen LogP contribution >= 0.6 is 27.7 Å². The number of nitrogens with one attached hydrogen (secondary N) is 1. The maximum atomic E-state index is 12.3. The lowest BCUT2D eigenvalue weighted by atomic mass is 10.2. The van der Waals surface area contributed by atoms with E-state index in [1.54, 1.807) is 24.3 Å². The molecule has 6 nitrogen and oxygen atoms in total. The van der Waals surface area contributed by atoms with Crippen molar-refractivity contribution in [3.8, 4) is 5.75 Å². The molecule has 8 heteroatoms. The molecule has 3 rings (SSSR count). The van der Waals surface area contributed by atoms with Gasteiger partial charge in [-0.05, 0) is 60.2 Å². The molecule has 2 aromatic carbocycles. The molecule has 1 heterocycles. The average Bonchev–Trinajstić information content (AvgIpc) is 3.00. The summed E-state index contributed by atoms with van der Waals surface area (Å²) in [5.41, 5.74) is 2.58. The maximum Gasteiger partial charge on any atom is 0.341 e. The summed E-state index contributed by atoms with van der Waals surface area (Å²) in [4.78, 5) is 28.0. The summed E-state index contributed by atoms with van der Waals surface area (Å²) in [6, 6.07) is 13.0. The summed E-state index contributed by atoms with van der Waals surface area (Å²) in [7, 11) is 0. The highest BCUT2D eigenvalue weighted by molar-refractivity contribution is 9.10. The standard InChI is InChI=1S/C20H17BrN2O4S/c1-2-12-3-6-15(7-4-12)22-20-23-19(26)17(28-20)10-13-9-14(21)5-8-16(13)27-11-18(24)25/h3-10H,2,11H2,1H3,(H,24,25)(H,22,23,26)/b17-10+. The number of amidine groups is 1. The normalized spacial score (nSPS) is 16.4. The van der Waals surface area contributed by atoms with Crippen LogP contribution in [0, 0.1) is 0 Å². The molecule has 0 bridgehead atoms. The van der Waals surface area contributed by atoms with E-state index in [-0.39, 0.29) is 5.91 Å². The maximum absolute atomic E-state index is 12.3. The molecular formula is C20H17BrN2O4S. The Morgan fingerprint density at radius 2 is 2.04 bits per heavy atom. The van der Waals surface area contributed by atoms with Gasteiger partial charge in [0.1, 0.15) is 5.75 Å². The van der Waals surface area contributed by atoms with Gasteiger partial charge in [-0.25, -0.2) is 9.79 Å². The van der Waals surface area contributed by atoms with Crippen molar-refractivity contribution < 1.29 is 19.4 Å². The fraction of sp³-hybridized carbons (Fsp3) is 0.150. The third-order valence-electron chi connectivity index (χ3n) is 3.84. The molecule has 1 aliphatic rings. The van der Waals surface area contributed by atoms with E-state index in [4.69, 9.17) is 9.84 Å². The molecule has 0 unspecified atom stereocenters. The van der Waals surface area contributed by atoms with Gasteiger partial charge in [0, 0.05) is 10.0 Å². The van der Waals surface area contributed by atoms with Gasteiger partial charge < -0.3 is 15.2 Å². The van der Waals surface area contributed by atoms with E-state index in [2.05, 4.69) is 33.2 Å². The van der Waals surface area contributed by atoms with Crippen LogP contribution in [-0.2, 0) is 16.0 Å². The number of aliphatic imine (C=N–C) groups is 1. The molecule has 0 atom stereocenters. The lowest BCUT2D eigenvalue weighted by Crippen LogP contribution is -2.19. The van der Waals surface area contributed by atoms with E-state index in [9.17, 15) is 9.59 Å². The van der Waals surface area contributed by atoms with Crippen LogP contribution in [0.4, 0.5) is 5.69 Å². The van der Waals surface area contributed by atoms with Crippen LogP contribution in [0.3, 0.4) is 0 Å². The van der Waals surface area contributed by atoms with Gasteiger partial charge >= 0.3 is 5.97 Å². The summed E-state index contributed by atoms with van der Waals surface area (Å²) in [6.45, 7) is 1.62. The number of halogens is 1. The molecule has 0 aromatic heterocycles. The first-order valence-corrected chi connectivity index (χ1v) is 10.1. The molecule has 1 fully saturated rings. The number of aliphatic carboxylic acids is 1. The van der Waals surface area contributed by atoms with Crippen molar-refractivity contribution in [3.05, 3.63) is 63.0 Å². The number of carboxylic acids is 1. The van der Waals surface area contributed by atoms with Gasteiger partial charge in [-0.2, -0.15) is 0 Å².